The van der Waals surface area contributed by atoms with E-state index >= 15 is 0 Å². The van der Waals surface area contributed by atoms with E-state index in [4.69, 9.17) is 24.1 Å². The Morgan fingerprint density at radius 3 is 1.50 bits per heavy atom. The SMILES string of the molecule is CCP(=O)(O)O.O=[P+](O)O. The molecule has 0 spiro atoms. The van der Waals surface area contributed by atoms with Gasteiger partial charge < -0.3 is 9.79 Å². The Labute approximate surface area is 58.6 Å². The van der Waals surface area contributed by atoms with Crippen LogP contribution in [0.2, 0.25) is 0 Å². The first-order valence-electron chi connectivity index (χ1n) is 2.19. The van der Waals surface area contributed by atoms with Crippen LogP contribution < -0.4 is 0 Å². The second-order valence-electron chi connectivity index (χ2n) is 1.23. The van der Waals surface area contributed by atoms with E-state index in [1.54, 1.807) is 0 Å². The summed E-state index contributed by atoms with van der Waals surface area (Å²) in [6.07, 6.45) is -0.0625. The molecule has 0 aromatic rings. The Bertz CT molecular complexity index is 133. The highest BCUT2D eigenvalue weighted by molar-refractivity contribution is 7.51. The Balaban J connectivity index is 0. The first-order valence-corrected chi connectivity index (χ1v) is 5.15. The second kappa shape index (κ2) is 5.92. The maximum atomic E-state index is 9.69. The standard InChI is InChI=1S/C2H7O3P.HO3P/c1-2-6(3,4)5;1-4(2)3/h2H2,1H3,(H2,3,4,5);(H-,1,2,3)/p+1. The van der Waals surface area contributed by atoms with Crippen LogP contribution in [0.4, 0.5) is 0 Å². The van der Waals surface area contributed by atoms with Crippen molar-refractivity contribution in [2.45, 2.75) is 6.92 Å². The van der Waals surface area contributed by atoms with Crippen molar-refractivity contribution >= 4 is 15.9 Å². The average molecular weight is 191 g/mol. The molecule has 0 rings (SSSR count). The van der Waals surface area contributed by atoms with E-state index < -0.39 is 15.9 Å². The van der Waals surface area contributed by atoms with E-state index in [0.717, 1.165) is 0 Å². The first-order chi connectivity index (χ1) is 4.29. The molecular weight excluding hydrogens is 182 g/mol. The Morgan fingerprint density at radius 1 is 1.40 bits per heavy atom. The molecule has 0 atom stereocenters. The minimum atomic E-state index is -3.65. The lowest BCUT2D eigenvalue weighted by atomic mass is 11.0. The Morgan fingerprint density at radius 2 is 1.50 bits per heavy atom. The lowest BCUT2D eigenvalue weighted by Gasteiger charge is -1.92. The van der Waals surface area contributed by atoms with Crippen LogP contribution in [0.5, 0.6) is 0 Å². The van der Waals surface area contributed by atoms with Crippen molar-refractivity contribution in [3.05, 3.63) is 0 Å². The second-order valence-corrected chi connectivity index (χ2v) is 3.70. The molecule has 0 unspecified atom stereocenters. The summed E-state index contributed by atoms with van der Waals surface area (Å²) >= 11 is 0. The van der Waals surface area contributed by atoms with E-state index in [1.165, 1.54) is 6.92 Å². The number of hydrogen-bond acceptors (Lipinski definition) is 2. The topological polar surface area (TPSA) is 115 Å². The van der Waals surface area contributed by atoms with E-state index in [2.05, 4.69) is 0 Å². The summed E-state index contributed by atoms with van der Waals surface area (Å²) in [5, 5.41) is 0. The van der Waals surface area contributed by atoms with Crippen LogP contribution in [-0.4, -0.2) is 25.7 Å². The van der Waals surface area contributed by atoms with Crippen molar-refractivity contribution in [3.8, 4) is 0 Å². The number of rotatable bonds is 1. The Kier molecular flexibility index (Phi) is 7.58. The van der Waals surface area contributed by atoms with E-state index in [0.29, 0.717) is 0 Å². The van der Waals surface area contributed by atoms with Gasteiger partial charge in [-0.3, -0.25) is 4.57 Å². The van der Waals surface area contributed by atoms with Crippen molar-refractivity contribution in [3.63, 3.8) is 0 Å². The van der Waals surface area contributed by atoms with E-state index in [-0.39, 0.29) is 6.16 Å². The van der Waals surface area contributed by atoms with Crippen LogP contribution in [0.3, 0.4) is 0 Å². The molecule has 0 aromatic heterocycles. The molecule has 0 bridgehead atoms. The summed E-state index contributed by atoms with van der Waals surface area (Å²) < 4.78 is 18.4. The average Bonchev–Trinajstić information content (AvgIpc) is 1.63. The zero-order valence-corrected chi connectivity index (χ0v) is 7.00. The fourth-order valence-electron chi connectivity index (χ4n) is 0. The van der Waals surface area contributed by atoms with Gasteiger partial charge in [-0.05, 0) is 0 Å². The van der Waals surface area contributed by atoms with Crippen LogP contribution in [0, 0.1) is 0 Å². The van der Waals surface area contributed by atoms with Crippen LogP contribution in [0.1, 0.15) is 6.92 Å². The summed E-state index contributed by atoms with van der Waals surface area (Å²) in [7, 11) is -6.52. The molecule has 0 saturated carbocycles. The summed E-state index contributed by atoms with van der Waals surface area (Å²) in [6, 6.07) is 0. The fourth-order valence-corrected chi connectivity index (χ4v) is 0. The van der Waals surface area contributed by atoms with Crippen LogP contribution >= 0.6 is 15.9 Å². The third kappa shape index (κ3) is 41.8. The van der Waals surface area contributed by atoms with Gasteiger partial charge in [0, 0.05) is 10.7 Å². The molecule has 0 heterocycles. The summed E-state index contributed by atoms with van der Waals surface area (Å²) in [5.74, 6) is 0. The smallest absolute Gasteiger partial charge is 0.324 e. The molecule has 10 heavy (non-hydrogen) atoms. The molecule has 62 valence electrons. The van der Waals surface area contributed by atoms with Crippen molar-refractivity contribution < 1.29 is 28.7 Å². The molecule has 0 aliphatic heterocycles. The molecule has 0 fully saturated rings. The zero-order chi connectivity index (χ0) is 8.78. The highest BCUT2D eigenvalue weighted by Crippen LogP contribution is 2.32. The molecule has 0 aliphatic rings. The summed E-state index contributed by atoms with van der Waals surface area (Å²) in [6.45, 7) is 1.45. The van der Waals surface area contributed by atoms with Crippen molar-refractivity contribution in [2.24, 2.45) is 0 Å². The van der Waals surface area contributed by atoms with Crippen LogP contribution in [0.25, 0.3) is 0 Å². The summed E-state index contributed by atoms with van der Waals surface area (Å²) in [4.78, 5) is 30.1. The monoisotopic (exact) mass is 191 g/mol. The molecule has 8 heteroatoms. The van der Waals surface area contributed by atoms with Gasteiger partial charge in [-0.1, -0.05) is 6.92 Å². The van der Waals surface area contributed by atoms with E-state index in [1.807, 2.05) is 0 Å². The lowest BCUT2D eigenvalue weighted by Crippen LogP contribution is -1.76. The van der Waals surface area contributed by atoms with Gasteiger partial charge in [0.15, 0.2) is 0 Å². The maximum absolute atomic E-state index is 9.69. The van der Waals surface area contributed by atoms with Gasteiger partial charge in [0.25, 0.3) is 0 Å². The van der Waals surface area contributed by atoms with Gasteiger partial charge in [0.05, 0.1) is 0 Å². The molecule has 6 nitrogen and oxygen atoms in total. The van der Waals surface area contributed by atoms with Crippen LogP contribution in [0.15, 0.2) is 0 Å². The fraction of sp³-hybridized carbons (Fsp3) is 1.00. The van der Waals surface area contributed by atoms with Gasteiger partial charge in [-0.2, -0.15) is 0 Å². The third-order valence-corrected chi connectivity index (χ3v) is 1.24. The molecule has 0 aromatic carbocycles. The molecule has 0 amide bonds. The predicted molar refractivity (Wildman–Crippen MR) is 34.6 cm³/mol. The van der Waals surface area contributed by atoms with Gasteiger partial charge in [0.2, 0.25) is 0 Å². The molecule has 4 N–H and O–H groups in total. The van der Waals surface area contributed by atoms with Gasteiger partial charge in [-0.25, -0.2) is 0 Å². The zero-order valence-electron chi connectivity index (χ0n) is 5.21. The Hall–Kier alpha value is 0.170. The summed E-state index contributed by atoms with van der Waals surface area (Å²) in [5.41, 5.74) is 0. The van der Waals surface area contributed by atoms with Crippen molar-refractivity contribution in [1.29, 1.82) is 0 Å². The van der Waals surface area contributed by atoms with Crippen molar-refractivity contribution in [2.75, 3.05) is 6.16 Å². The molecule has 0 saturated heterocycles. The van der Waals surface area contributed by atoms with E-state index in [9.17, 15) is 4.57 Å². The highest BCUT2D eigenvalue weighted by Gasteiger charge is 2.05. The largest absolute Gasteiger partial charge is 0.692 e. The van der Waals surface area contributed by atoms with Crippen molar-refractivity contribution in [1.82, 2.24) is 0 Å². The molecular formula is C2H9O6P2+. The minimum Gasteiger partial charge on any atom is -0.324 e. The van der Waals surface area contributed by atoms with Crippen LogP contribution in [-0.2, 0) is 9.13 Å². The molecule has 0 radical (unpaired) electrons. The van der Waals surface area contributed by atoms with Gasteiger partial charge in [0.1, 0.15) is 0 Å². The normalized spacial score (nSPS) is 9.70. The first kappa shape index (κ1) is 12.8. The predicted octanol–water partition coefficient (Wildman–Crippen LogP) is -0.188. The highest BCUT2D eigenvalue weighted by atomic mass is 31.2. The molecule has 0 aliphatic carbocycles. The third-order valence-electron chi connectivity index (χ3n) is 0.412. The van der Waals surface area contributed by atoms with Gasteiger partial charge in [-0.15, -0.1) is 9.79 Å². The number of hydrogen-bond donors (Lipinski definition) is 4. The maximum Gasteiger partial charge on any atom is 0.692 e. The quantitative estimate of drug-likeness (QED) is 0.427. The minimum absolute atomic E-state index is 0.0625. The lowest BCUT2D eigenvalue weighted by molar-refractivity contribution is 0.374. The van der Waals surface area contributed by atoms with Gasteiger partial charge >= 0.3 is 15.9 Å².